The summed E-state index contributed by atoms with van der Waals surface area (Å²) in [6.07, 6.45) is 1.83. The summed E-state index contributed by atoms with van der Waals surface area (Å²) in [6, 6.07) is 9.90. The summed E-state index contributed by atoms with van der Waals surface area (Å²) in [5.74, 6) is -0.202. The lowest BCUT2D eigenvalue weighted by molar-refractivity contribution is 0.0692. The highest BCUT2D eigenvalue weighted by molar-refractivity contribution is 7.92. The van der Waals surface area contributed by atoms with Crippen molar-refractivity contribution in [2.75, 3.05) is 43.8 Å². The van der Waals surface area contributed by atoms with Crippen molar-refractivity contribution in [1.82, 2.24) is 4.90 Å². The first-order valence-electron chi connectivity index (χ1n) is 10.3. The van der Waals surface area contributed by atoms with Crippen molar-refractivity contribution in [3.05, 3.63) is 47.5 Å². The van der Waals surface area contributed by atoms with Crippen LogP contribution < -0.4 is 14.8 Å². The topological polar surface area (TPSA) is 108 Å². The lowest BCUT2D eigenvalue weighted by Gasteiger charge is -2.21. The van der Waals surface area contributed by atoms with Crippen LogP contribution in [0.2, 0.25) is 0 Å². The van der Waals surface area contributed by atoms with Crippen LogP contribution in [0.3, 0.4) is 0 Å². The van der Waals surface area contributed by atoms with Gasteiger partial charge in [0.15, 0.2) is 0 Å². The summed E-state index contributed by atoms with van der Waals surface area (Å²) in [4.78, 5) is 14.1. The highest BCUT2D eigenvalue weighted by atomic mass is 32.2. The van der Waals surface area contributed by atoms with Crippen molar-refractivity contribution >= 4 is 27.4 Å². The van der Waals surface area contributed by atoms with E-state index < -0.39 is 16.0 Å². The van der Waals surface area contributed by atoms with Crippen molar-refractivity contribution in [3.63, 3.8) is 0 Å². The van der Waals surface area contributed by atoms with Gasteiger partial charge in [-0.15, -0.1) is 0 Å². The van der Waals surface area contributed by atoms with Gasteiger partial charge in [-0.3, -0.25) is 4.72 Å². The molecule has 0 radical (unpaired) electrons. The number of hydrogen-bond acceptors (Lipinski definition) is 6. The Morgan fingerprint density at radius 1 is 1.19 bits per heavy atom. The van der Waals surface area contributed by atoms with Crippen LogP contribution in [0.25, 0.3) is 0 Å². The monoisotopic (exact) mass is 445 g/mol. The molecule has 0 amide bonds. The van der Waals surface area contributed by atoms with E-state index in [-0.39, 0.29) is 21.9 Å². The van der Waals surface area contributed by atoms with Gasteiger partial charge in [-0.05, 0) is 63.2 Å². The molecule has 1 aliphatic carbocycles. The molecule has 8 nitrogen and oxygen atoms in total. The molecule has 4 rings (SSSR count). The minimum Gasteiger partial charge on any atom is -0.492 e. The first kappa shape index (κ1) is 21.5. The molecule has 1 saturated carbocycles. The van der Waals surface area contributed by atoms with Gasteiger partial charge in [0.05, 0.1) is 18.0 Å². The number of para-hydroxylation sites is 1. The summed E-state index contributed by atoms with van der Waals surface area (Å²) >= 11 is 0. The average molecular weight is 446 g/mol. The van der Waals surface area contributed by atoms with Gasteiger partial charge in [-0.25, -0.2) is 13.2 Å². The number of anilines is 2. The van der Waals surface area contributed by atoms with Gasteiger partial charge >= 0.3 is 5.97 Å². The highest BCUT2D eigenvalue weighted by Crippen LogP contribution is 2.55. The maximum absolute atomic E-state index is 13.2. The van der Waals surface area contributed by atoms with Crippen LogP contribution in [0.1, 0.15) is 34.7 Å². The van der Waals surface area contributed by atoms with Crippen LogP contribution in [0.4, 0.5) is 11.4 Å². The number of nitrogens with one attached hydrogen (secondary N) is 2. The van der Waals surface area contributed by atoms with E-state index >= 15 is 0 Å². The van der Waals surface area contributed by atoms with E-state index in [0.717, 1.165) is 24.9 Å². The molecule has 0 spiro atoms. The standard InChI is InChI=1S/C22H27N3O5S/c1-25(2)11-5-10-23-17-6-3-4-7-19(17)31(28,29)24-18-9-8-15-16-12-14(16)13-30-21(15)20(18)22(26)27/h3-4,6-9,14,16,23-24H,5,10-13H2,1-2H3,(H,26,27)/t14-,16-/m1/s1. The molecule has 1 fully saturated rings. The first-order chi connectivity index (χ1) is 14.8. The fraction of sp³-hybridized carbons (Fsp3) is 0.409. The third-order valence-corrected chi connectivity index (χ3v) is 7.11. The number of nitrogens with zero attached hydrogens (tertiary/aromatic N) is 1. The molecule has 0 saturated heterocycles. The Hall–Kier alpha value is -2.78. The fourth-order valence-corrected chi connectivity index (χ4v) is 5.27. The number of fused-ring (bicyclic) bond motifs is 3. The van der Waals surface area contributed by atoms with Crippen molar-refractivity contribution in [2.45, 2.75) is 23.7 Å². The Bertz CT molecular complexity index is 1100. The summed E-state index contributed by atoms with van der Waals surface area (Å²) in [6.45, 7) is 1.95. The number of ether oxygens (including phenoxy) is 1. The molecule has 2 aromatic carbocycles. The van der Waals surface area contributed by atoms with Crippen molar-refractivity contribution in [1.29, 1.82) is 0 Å². The zero-order valence-corrected chi connectivity index (χ0v) is 18.4. The Labute approximate surface area is 182 Å². The average Bonchev–Trinajstić information content (AvgIpc) is 3.50. The predicted octanol–water partition coefficient (Wildman–Crippen LogP) is 3.05. The molecule has 3 N–H and O–H groups in total. The molecule has 2 atom stereocenters. The Morgan fingerprint density at radius 3 is 2.71 bits per heavy atom. The molecule has 0 bridgehead atoms. The van der Waals surface area contributed by atoms with Crippen LogP contribution in [-0.2, 0) is 10.0 Å². The van der Waals surface area contributed by atoms with Crippen molar-refractivity contribution in [3.8, 4) is 5.75 Å². The number of carbonyl (C=O) groups is 1. The summed E-state index contributed by atoms with van der Waals surface area (Å²) in [7, 11) is -0.0645. The third kappa shape index (κ3) is 4.47. The number of carboxylic acid groups (broad SMARTS) is 1. The first-order valence-corrected chi connectivity index (χ1v) is 11.8. The molecule has 2 aliphatic rings. The fourth-order valence-electron chi connectivity index (χ4n) is 4.01. The predicted molar refractivity (Wildman–Crippen MR) is 119 cm³/mol. The van der Waals surface area contributed by atoms with Crippen LogP contribution in [0.15, 0.2) is 41.3 Å². The molecular weight excluding hydrogens is 418 g/mol. The van der Waals surface area contributed by atoms with Crippen LogP contribution in [0.5, 0.6) is 5.75 Å². The largest absolute Gasteiger partial charge is 0.492 e. The number of benzene rings is 2. The Kier molecular flexibility index (Phi) is 5.81. The molecule has 31 heavy (non-hydrogen) atoms. The Balaban J connectivity index is 1.61. The summed E-state index contributed by atoms with van der Waals surface area (Å²) in [5, 5.41) is 13.0. The lowest BCUT2D eigenvalue weighted by atomic mass is 10.0. The van der Waals surface area contributed by atoms with E-state index in [9.17, 15) is 18.3 Å². The number of rotatable bonds is 9. The number of aromatic carboxylic acids is 1. The Morgan fingerprint density at radius 2 is 1.97 bits per heavy atom. The molecule has 9 heteroatoms. The van der Waals surface area contributed by atoms with Crippen LogP contribution in [0, 0.1) is 5.92 Å². The van der Waals surface area contributed by atoms with E-state index in [0.29, 0.717) is 30.7 Å². The van der Waals surface area contributed by atoms with Crippen LogP contribution in [-0.4, -0.2) is 58.2 Å². The number of hydrogen-bond donors (Lipinski definition) is 3. The second-order valence-electron chi connectivity index (χ2n) is 8.31. The maximum Gasteiger partial charge on any atom is 0.341 e. The molecular formula is C22H27N3O5S. The lowest BCUT2D eigenvalue weighted by Crippen LogP contribution is -2.20. The molecule has 0 aromatic heterocycles. The smallest absolute Gasteiger partial charge is 0.341 e. The van der Waals surface area contributed by atoms with E-state index in [1.807, 2.05) is 14.1 Å². The van der Waals surface area contributed by atoms with Gasteiger partial charge in [0.25, 0.3) is 10.0 Å². The summed E-state index contributed by atoms with van der Waals surface area (Å²) < 4.78 is 34.6. The van der Waals surface area contributed by atoms with Crippen molar-refractivity contribution in [2.24, 2.45) is 5.92 Å². The van der Waals surface area contributed by atoms with E-state index in [1.165, 1.54) is 12.1 Å². The molecule has 166 valence electrons. The van der Waals surface area contributed by atoms with E-state index in [1.54, 1.807) is 24.3 Å². The third-order valence-electron chi connectivity index (χ3n) is 5.68. The van der Waals surface area contributed by atoms with E-state index in [4.69, 9.17) is 4.74 Å². The quantitative estimate of drug-likeness (QED) is 0.509. The minimum atomic E-state index is -4.02. The highest BCUT2D eigenvalue weighted by Gasteiger charge is 2.45. The van der Waals surface area contributed by atoms with Gasteiger partial charge in [-0.1, -0.05) is 18.2 Å². The van der Waals surface area contributed by atoms with Crippen molar-refractivity contribution < 1.29 is 23.1 Å². The minimum absolute atomic E-state index is 0.00719. The van der Waals surface area contributed by atoms with Gasteiger partial charge in [0.1, 0.15) is 16.2 Å². The number of carboxylic acids is 1. The van der Waals surface area contributed by atoms with Gasteiger partial charge < -0.3 is 20.1 Å². The van der Waals surface area contributed by atoms with Gasteiger partial charge in [0, 0.05) is 12.5 Å². The van der Waals surface area contributed by atoms with E-state index in [2.05, 4.69) is 14.9 Å². The van der Waals surface area contributed by atoms with Gasteiger partial charge in [0.2, 0.25) is 0 Å². The maximum atomic E-state index is 13.2. The second kappa shape index (κ2) is 8.39. The molecule has 1 heterocycles. The normalized spacial score (nSPS) is 19.2. The second-order valence-corrected chi connectivity index (χ2v) is 9.96. The number of sulfonamides is 1. The molecule has 1 aliphatic heterocycles. The SMILES string of the molecule is CN(C)CCCNc1ccccc1S(=O)(=O)Nc1ccc2c(c1C(=O)O)OC[C@H]1C[C@@H]21. The molecule has 2 aromatic rings. The zero-order chi connectivity index (χ0) is 22.2. The van der Waals surface area contributed by atoms with Gasteiger partial charge in [-0.2, -0.15) is 0 Å². The van der Waals surface area contributed by atoms with Crippen LogP contribution >= 0.6 is 0 Å². The summed E-state index contributed by atoms with van der Waals surface area (Å²) in [5.41, 5.74) is 1.19. The zero-order valence-electron chi connectivity index (χ0n) is 17.6. The molecule has 0 unspecified atom stereocenters.